The Labute approximate surface area is 392 Å². The monoisotopic (exact) mass is 959 g/mol. The highest BCUT2D eigenvalue weighted by atomic mass is 16.8. The lowest BCUT2D eigenvalue weighted by Gasteiger charge is -2.73. The molecule has 3 aliphatic heterocycles. The number of hydrogen-bond acceptors (Lipinski definition) is 19. The van der Waals surface area contributed by atoms with E-state index >= 15 is 4.79 Å². The highest BCUT2D eigenvalue weighted by Gasteiger charge is 2.72. The summed E-state index contributed by atoms with van der Waals surface area (Å²) in [6.07, 6.45) is -18.9. The topological polar surface area (TPSA) is 315 Å². The first-order chi connectivity index (χ1) is 31.4. The first kappa shape index (κ1) is 51.9. The summed E-state index contributed by atoms with van der Waals surface area (Å²) in [6, 6.07) is 0. The zero-order chi connectivity index (χ0) is 49.1. The van der Waals surface area contributed by atoms with Crippen LogP contribution in [0.25, 0.3) is 0 Å². The van der Waals surface area contributed by atoms with Gasteiger partial charge in [0.2, 0.25) is 6.29 Å². The molecule has 0 unspecified atom stereocenters. The second-order valence-corrected chi connectivity index (χ2v) is 22.9. The van der Waals surface area contributed by atoms with E-state index in [1.54, 1.807) is 0 Å². The second kappa shape index (κ2) is 18.5. The van der Waals surface area contributed by atoms with E-state index in [0.717, 1.165) is 25.7 Å². The molecule has 0 aromatic carbocycles. The van der Waals surface area contributed by atoms with Crippen molar-refractivity contribution in [1.29, 1.82) is 0 Å². The van der Waals surface area contributed by atoms with Gasteiger partial charge in [0.1, 0.15) is 67.1 Å². The molecular formula is C48H78O19. The van der Waals surface area contributed by atoms with Crippen LogP contribution in [-0.4, -0.2) is 191 Å². The van der Waals surface area contributed by atoms with Crippen molar-refractivity contribution < 1.29 is 94.5 Å². The summed E-state index contributed by atoms with van der Waals surface area (Å²) in [5, 5.41) is 130. The molecule has 3 saturated heterocycles. The minimum Gasteiger partial charge on any atom is -0.432 e. The van der Waals surface area contributed by atoms with Crippen LogP contribution in [0.2, 0.25) is 0 Å². The van der Waals surface area contributed by atoms with Crippen molar-refractivity contribution in [2.75, 3.05) is 19.8 Å². The number of esters is 1. The number of aliphatic hydroxyl groups is 12. The van der Waals surface area contributed by atoms with Crippen molar-refractivity contribution in [3.05, 3.63) is 11.6 Å². The maximum Gasteiger partial charge on any atom is 0.315 e. The van der Waals surface area contributed by atoms with Crippen LogP contribution in [-0.2, 0) is 33.2 Å². The van der Waals surface area contributed by atoms with Crippen molar-refractivity contribution in [1.82, 2.24) is 0 Å². The van der Waals surface area contributed by atoms with Gasteiger partial charge in [-0.2, -0.15) is 0 Å². The standard InChI is InChI=1S/C48H78O19/c1-20-10-13-48(15-14-46(6)23(29(48)21(20)2)8-9-28-44(4)16-24(51)39(60)45(5,19-50)27(44)11-12-47(28,46)7)43(61)67-42-36(58)33(55)31(53)26(65-42)18-62-40-37(59)34(56)38(25(17-49)64-40)66-41-35(57)32(54)30(52)22(3)63-41/h10,21-42,49-60H,8-9,11-19H2,1-7H3/t21-,22-,23+,24+,25+,26+,27+,28+,29+,30-,31+,32+,33-,34+,35+,36+,37+,38+,39-,40+,41-,42-,44-,45-,46+,47+,48-/m0/s1. The maximum atomic E-state index is 15.0. The third-order valence-corrected chi connectivity index (χ3v) is 19.9. The SMILES string of the molecule is CC1=CC[C@]2(C(=O)O[C@@H]3O[C@H](CO[C@@H]4O[C@H](CO)[C@@H](O[C@@H]5O[C@@H](C)[C@H](O)[C@@H](O)[C@H]5O)[C@H](O)[C@H]4O)[C@@H](O)[C@H](O)[C@H]3O)CC[C@]3(C)[C@H](CC[C@@H]4[C@@]5(C)C[C@@H](O)[C@H](O)[C@@](C)(CO)[C@@H]5CC[C@]43C)[C@H]2[C@H]1C. The predicted octanol–water partition coefficient (Wildman–Crippen LogP) is -1.03. The van der Waals surface area contributed by atoms with E-state index in [2.05, 4.69) is 40.7 Å². The zero-order valence-electron chi connectivity index (χ0n) is 39.8. The van der Waals surface area contributed by atoms with E-state index < -0.39 is 134 Å². The number of carbonyl (C=O) groups excluding carboxylic acids is 1. The fraction of sp³-hybridized carbons (Fsp3) is 0.938. The van der Waals surface area contributed by atoms with E-state index in [0.29, 0.717) is 25.7 Å². The molecule has 8 rings (SSSR count). The van der Waals surface area contributed by atoms with E-state index in [1.165, 1.54) is 12.5 Å². The average molecular weight is 959 g/mol. The van der Waals surface area contributed by atoms with Gasteiger partial charge in [-0.25, -0.2) is 0 Å². The highest BCUT2D eigenvalue weighted by molar-refractivity contribution is 5.78. The Morgan fingerprint density at radius 2 is 1.34 bits per heavy atom. The van der Waals surface area contributed by atoms with Gasteiger partial charge in [-0.05, 0) is 111 Å². The van der Waals surface area contributed by atoms with Crippen LogP contribution in [0.15, 0.2) is 11.6 Å². The van der Waals surface area contributed by atoms with E-state index in [-0.39, 0.29) is 52.4 Å². The second-order valence-electron chi connectivity index (χ2n) is 22.9. The minimum absolute atomic E-state index is 0.00890. The summed E-state index contributed by atoms with van der Waals surface area (Å²) in [6.45, 7) is 12.9. The Kier molecular flexibility index (Phi) is 14.4. The number of fused-ring (bicyclic) bond motifs is 7. The molecule has 0 bridgehead atoms. The quantitative estimate of drug-likeness (QED) is 0.0971. The summed E-state index contributed by atoms with van der Waals surface area (Å²) in [4.78, 5) is 15.0. The van der Waals surface area contributed by atoms with Gasteiger partial charge < -0.3 is 89.7 Å². The van der Waals surface area contributed by atoms with Crippen LogP contribution in [0.4, 0.5) is 0 Å². The lowest BCUT2D eigenvalue weighted by atomic mass is 9.31. The maximum absolute atomic E-state index is 15.0. The lowest BCUT2D eigenvalue weighted by molar-refractivity contribution is -0.361. The fourth-order valence-electron chi connectivity index (χ4n) is 15.6. The van der Waals surface area contributed by atoms with E-state index in [9.17, 15) is 61.3 Å². The first-order valence-electron chi connectivity index (χ1n) is 24.5. The Hall–Kier alpha value is -1.47. The third-order valence-electron chi connectivity index (χ3n) is 19.9. The van der Waals surface area contributed by atoms with Gasteiger partial charge in [-0.15, -0.1) is 0 Å². The molecule has 19 nitrogen and oxygen atoms in total. The van der Waals surface area contributed by atoms with Crippen LogP contribution in [0.3, 0.4) is 0 Å². The van der Waals surface area contributed by atoms with Crippen LogP contribution in [0.5, 0.6) is 0 Å². The van der Waals surface area contributed by atoms with Gasteiger partial charge in [-0.1, -0.05) is 46.3 Å². The molecule has 7 fully saturated rings. The molecule has 67 heavy (non-hydrogen) atoms. The molecule has 8 aliphatic rings. The molecule has 19 heteroatoms. The molecule has 384 valence electrons. The van der Waals surface area contributed by atoms with Gasteiger partial charge >= 0.3 is 5.97 Å². The van der Waals surface area contributed by atoms with Crippen LogP contribution >= 0.6 is 0 Å². The van der Waals surface area contributed by atoms with Gasteiger partial charge in [0, 0.05) is 5.41 Å². The van der Waals surface area contributed by atoms with Gasteiger partial charge in [0.25, 0.3) is 0 Å². The molecule has 27 atom stereocenters. The Bertz CT molecular complexity index is 1820. The molecule has 0 aromatic rings. The molecule has 0 amide bonds. The number of hydrogen-bond donors (Lipinski definition) is 12. The summed E-state index contributed by atoms with van der Waals surface area (Å²) in [7, 11) is 0. The molecule has 12 N–H and O–H groups in total. The summed E-state index contributed by atoms with van der Waals surface area (Å²) in [5.74, 6) is -0.496. The van der Waals surface area contributed by atoms with Gasteiger partial charge in [0.15, 0.2) is 12.6 Å². The molecule has 3 heterocycles. The largest absolute Gasteiger partial charge is 0.432 e. The molecule has 0 radical (unpaired) electrons. The number of aliphatic hydroxyl groups excluding tert-OH is 12. The number of carbonyl (C=O) groups is 1. The molecule has 4 saturated carbocycles. The molecular weight excluding hydrogens is 881 g/mol. The van der Waals surface area contributed by atoms with Crippen molar-refractivity contribution >= 4 is 5.97 Å². The Morgan fingerprint density at radius 3 is 2.01 bits per heavy atom. The highest BCUT2D eigenvalue weighted by Crippen LogP contribution is 2.77. The van der Waals surface area contributed by atoms with Gasteiger partial charge in [0.05, 0.1) is 43.5 Å². The summed E-state index contributed by atoms with van der Waals surface area (Å²) >= 11 is 0. The molecule has 0 aromatic heterocycles. The number of ether oxygens (including phenoxy) is 6. The fourth-order valence-corrected chi connectivity index (χ4v) is 15.6. The zero-order valence-corrected chi connectivity index (χ0v) is 39.8. The molecule has 0 spiro atoms. The van der Waals surface area contributed by atoms with Crippen LogP contribution in [0.1, 0.15) is 99.8 Å². The third kappa shape index (κ3) is 7.92. The van der Waals surface area contributed by atoms with Crippen molar-refractivity contribution in [2.24, 2.45) is 56.7 Å². The van der Waals surface area contributed by atoms with Crippen LogP contribution in [0, 0.1) is 56.7 Å². The van der Waals surface area contributed by atoms with Crippen molar-refractivity contribution in [3.8, 4) is 0 Å². The summed E-state index contributed by atoms with van der Waals surface area (Å²) in [5.41, 5.74) is -1.48. The summed E-state index contributed by atoms with van der Waals surface area (Å²) < 4.78 is 34.7. The van der Waals surface area contributed by atoms with E-state index in [4.69, 9.17) is 28.4 Å². The Balaban J connectivity index is 0.972. The predicted molar refractivity (Wildman–Crippen MR) is 231 cm³/mol. The van der Waals surface area contributed by atoms with Crippen molar-refractivity contribution in [3.63, 3.8) is 0 Å². The molecule has 5 aliphatic carbocycles. The first-order valence-corrected chi connectivity index (χ1v) is 24.5. The number of allylic oxidation sites excluding steroid dienone is 2. The minimum atomic E-state index is -1.86. The number of rotatable bonds is 9. The van der Waals surface area contributed by atoms with Crippen LogP contribution < -0.4 is 0 Å². The van der Waals surface area contributed by atoms with E-state index in [1.807, 2.05) is 6.92 Å². The normalized spacial score (nSPS) is 56.7. The van der Waals surface area contributed by atoms with Crippen molar-refractivity contribution in [2.45, 2.75) is 204 Å². The lowest BCUT2D eigenvalue weighted by Crippen LogP contribution is -2.70. The van der Waals surface area contributed by atoms with Gasteiger partial charge in [-0.3, -0.25) is 4.79 Å². The average Bonchev–Trinajstić information content (AvgIpc) is 3.29. The Morgan fingerprint density at radius 1 is 0.701 bits per heavy atom. The smallest absolute Gasteiger partial charge is 0.315 e.